The second-order valence-corrected chi connectivity index (χ2v) is 5.93. The molecule has 1 aliphatic rings. The minimum Gasteiger partial charge on any atom is -1.00 e. The molecule has 2 aromatic rings. The number of rotatable bonds is 4. The van der Waals surface area contributed by atoms with Crippen molar-refractivity contribution in [2.45, 2.75) is 26.3 Å². The summed E-state index contributed by atoms with van der Waals surface area (Å²) in [5.41, 5.74) is 2.03. The first-order chi connectivity index (χ1) is 10.7. The third kappa shape index (κ3) is 3.96. The molecule has 1 aromatic carbocycles. The van der Waals surface area contributed by atoms with E-state index >= 15 is 0 Å². The summed E-state index contributed by atoms with van der Waals surface area (Å²) in [6.45, 7) is 4.57. The monoisotopic (exact) mass is 398 g/mol. The first kappa shape index (κ1) is 18.0. The molecule has 0 amide bonds. The summed E-state index contributed by atoms with van der Waals surface area (Å²) >= 11 is 6.39. The van der Waals surface area contributed by atoms with Gasteiger partial charge >= 0.3 is 5.97 Å². The van der Waals surface area contributed by atoms with Crippen LogP contribution in [0.2, 0.25) is 5.02 Å². The topological polar surface area (TPSA) is 34.2 Å². The van der Waals surface area contributed by atoms with Crippen LogP contribution in [0, 0.1) is 0 Å². The lowest BCUT2D eigenvalue weighted by Crippen LogP contribution is -3.00. The Morgan fingerprint density at radius 2 is 2.13 bits per heavy atom. The van der Waals surface area contributed by atoms with E-state index in [1.807, 2.05) is 35.9 Å². The van der Waals surface area contributed by atoms with Gasteiger partial charge in [0.15, 0.2) is 6.21 Å². The maximum absolute atomic E-state index is 11.8. The molecule has 1 fully saturated rings. The summed E-state index contributed by atoms with van der Waals surface area (Å²) in [6, 6.07) is 5.79. The molecule has 6 heteroatoms. The van der Waals surface area contributed by atoms with Crippen LogP contribution < -0.4 is 17.0 Å². The van der Waals surface area contributed by atoms with E-state index in [4.69, 9.17) is 16.3 Å². The van der Waals surface area contributed by atoms with E-state index < -0.39 is 0 Å². The van der Waals surface area contributed by atoms with Crippen LogP contribution in [0.3, 0.4) is 0 Å². The minimum absolute atomic E-state index is 0. The van der Waals surface area contributed by atoms with Crippen LogP contribution in [0.5, 0.6) is 0 Å². The third-order valence-corrected chi connectivity index (χ3v) is 4.27. The molecule has 0 radical (unpaired) electrons. The molecule has 23 heavy (non-hydrogen) atoms. The number of ether oxygens (including phenoxy) is 1. The predicted octanol–water partition coefficient (Wildman–Crippen LogP) is 0.0870. The lowest BCUT2D eigenvalue weighted by molar-refractivity contribution is -0.500. The molecule has 0 unspecified atom stereocenters. The number of hydrogen-bond acceptors (Lipinski definition) is 2. The van der Waals surface area contributed by atoms with Crippen LogP contribution in [0.1, 0.15) is 25.3 Å². The van der Waals surface area contributed by atoms with Crippen molar-refractivity contribution in [3.63, 3.8) is 0 Å². The molecule has 0 saturated carbocycles. The molecule has 4 nitrogen and oxygen atoms in total. The van der Waals surface area contributed by atoms with E-state index in [-0.39, 0.29) is 29.5 Å². The highest BCUT2D eigenvalue weighted by Crippen LogP contribution is 2.28. The summed E-state index contributed by atoms with van der Waals surface area (Å²) in [7, 11) is 0. The first-order valence-electron chi connectivity index (χ1n) is 7.71. The average molecular weight is 400 g/mol. The molecule has 3 rings (SSSR count). The standard InChI is InChI=1S/C17H20ClN2O2.BrH/c1-2-22-16(21)12-20-11-13(10-19-8-3-4-9-19)17-14(18)6-5-7-15(17)20;/h5-7,10-11H,2-4,8-9,12H2,1H3;1H/q+1;/p-1. The van der Waals surface area contributed by atoms with E-state index in [2.05, 4.69) is 10.8 Å². The smallest absolute Gasteiger partial charge is 0.325 e. The van der Waals surface area contributed by atoms with Gasteiger partial charge in [-0.3, -0.25) is 4.79 Å². The number of fused-ring (bicyclic) bond motifs is 1. The molecule has 124 valence electrons. The summed E-state index contributed by atoms with van der Waals surface area (Å²) in [5, 5.41) is 1.71. The normalized spacial score (nSPS) is 13.9. The predicted molar refractivity (Wildman–Crippen MR) is 88.0 cm³/mol. The molecule has 1 aromatic heterocycles. The molecule has 1 saturated heterocycles. The summed E-state index contributed by atoms with van der Waals surface area (Å²) in [5.74, 6) is -0.230. The number of nitrogens with zero attached hydrogens (tertiary/aromatic N) is 2. The molecule has 0 N–H and O–H groups in total. The van der Waals surface area contributed by atoms with Crippen LogP contribution in [0.4, 0.5) is 0 Å². The zero-order valence-electron chi connectivity index (χ0n) is 13.1. The Morgan fingerprint density at radius 3 is 2.83 bits per heavy atom. The number of carbonyl (C=O) groups excluding carboxylic acids is 1. The van der Waals surface area contributed by atoms with Crippen molar-refractivity contribution in [1.29, 1.82) is 0 Å². The van der Waals surface area contributed by atoms with Gasteiger partial charge in [-0.05, 0) is 19.1 Å². The number of esters is 1. The fourth-order valence-corrected chi connectivity index (χ4v) is 3.26. The van der Waals surface area contributed by atoms with Gasteiger partial charge in [-0.15, -0.1) is 0 Å². The largest absolute Gasteiger partial charge is 1.00 e. The van der Waals surface area contributed by atoms with Crippen LogP contribution in [-0.4, -0.2) is 41.0 Å². The molecule has 0 atom stereocenters. The number of carbonyl (C=O) groups is 1. The number of aromatic nitrogens is 1. The van der Waals surface area contributed by atoms with Crippen molar-refractivity contribution in [2.75, 3.05) is 19.7 Å². The van der Waals surface area contributed by atoms with E-state index in [0.29, 0.717) is 11.6 Å². The SMILES string of the molecule is CCOC(=O)Cn1cc(C=[N+]2CCCC2)c2c(Cl)cccc21.[Br-]. The van der Waals surface area contributed by atoms with Crippen molar-refractivity contribution in [2.24, 2.45) is 0 Å². The number of halogens is 2. The Bertz CT molecular complexity index is 732. The fourth-order valence-electron chi connectivity index (χ4n) is 2.98. The second-order valence-electron chi connectivity index (χ2n) is 5.52. The maximum atomic E-state index is 11.8. The van der Waals surface area contributed by atoms with Gasteiger partial charge in [0, 0.05) is 24.4 Å². The molecule has 2 heterocycles. The van der Waals surface area contributed by atoms with Gasteiger partial charge < -0.3 is 26.3 Å². The fraction of sp³-hybridized carbons (Fsp3) is 0.412. The van der Waals surface area contributed by atoms with Crippen LogP contribution in [-0.2, 0) is 16.1 Å². The highest BCUT2D eigenvalue weighted by Gasteiger charge is 2.18. The van der Waals surface area contributed by atoms with Gasteiger partial charge in [0.1, 0.15) is 19.6 Å². The van der Waals surface area contributed by atoms with E-state index in [1.165, 1.54) is 12.8 Å². The second kappa shape index (κ2) is 7.97. The zero-order valence-corrected chi connectivity index (χ0v) is 15.4. The number of benzene rings is 1. The molecular formula is C17H20BrClN2O2. The third-order valence-electron chi connectivity index (χ3n) is 3.95. The van der Waals surface area contributed by atoms with Gasteiger partial charge in [0.25, 0.3) is 0 Å². The summed E-state index contributed by atoms with van der Waals surface area (Å²) in [4.78, 5) is 11.8. The Labute approximate surface area is 151 Å². The van der Waals surface area contributed by atoms with Crippen molar-refractivity contribution < 1.29 is 31.1 Å². The molecular weight excluding hydrogens is 380 g/mol. The van der Waals surface area contributed by atoms with Gasteiger partial charge in [-0.25, -0.2) is 4.58 Å². The maximum Gasteiger partial charge on any atom is 0.325 e. The van der Waals surface area contributed by atoms with Gasteiger partial charge in [-0.2, -0.15) is 0 Å². The van der Waals surface area contributed by atoms with Crippen molar-refractivity contribution in [3.8, 4) is 0 Å². The van der Waals surface area contributed by atoms with Crippen molar-refractivity contribution >= 4 is 34.7 Å². The van der Waals surface area contributed by atoms with Crippen LogP contribution >= 0.6 is 11.6 Å². The van der Waals surface area contributed by atoms with E-state index in [9.17, 15) is 4.79 Å². The summed E-state index contributed by atoms with van der Waals surface area (Å²) in [6.07, 6.45) is 6.60. The van der Waals surface area contributed by atoms with Gasteiger partial charge in [0.2, 0.25) is 0 Å². The molecule has 0 spiro atoms. The molecule has 0 aliphatic carbocycles. The van der Waals surface area contributed by atoms with Gasteiger partial charge in [0.05, 0.1) is 22.7 Å². The first-order valence-corrected chi connectivity index (χ1v) is 8.08. The minimum atomic E-state index is -0.230. The lowest BCUT2D eigenvalue weighted by Gasteiger charge is -2.04. The average Bonchev–Trinajstić information content (AvgIpc) is 3.09. The zero-order chi connectivity index (χ0) is 15.5. The van der Waals surface area contributed by atoms with Crippen LogP contribution in [0.25, 0.3) is 10.9 Å². The number of hydrogen-bond donors (Lipinski definition) is 0. The lowest BCUT2D eigenvalue weighted by atomic mass is 10.2. The Hall–Kier alpha value is -1.33. The Kier molecular flexibility index (Phi) is 6.25. The van der Waals surface area contributed by atoms with Crippen molar-refractivity contribution in [1.82, 2.24) is 4.57 Å². The highest BCUT2D eigenvalue weighted by molar-refractivity contribution is 6.36. The van der Waals surface area contributed by atoms with E-state index in [1.54, 1.807) is 0 Å². The molecule has 0 bridgehead atoms. The highest BCUT2D eigenvalue weighted by atomic mass is 79.9. The Morgan fingerprint density at radius 1 is 1.39 bits per heavy atom. The summed E-state index contributed by atoms with van der Waals surface area (Å²) < 4.78 is 9.28. The Balaban J connectivity index is 0.00000192. The quantitative estimate of drug-likeness (QED) is 0.539. The van der Waals surface area contributed by atoms with Gasteiger partial charge in [-0.1, -0.05) is 17.7 Å². The van der Waals surface area contributed by atoms with Crippen LogP contribution in [0.15, 0.2) is 24.4 Å². The molecule has 1 aliphatic heterocycles. The van der Waals surface area contributed by atoms with Crippen molar-refractivity contribution in [3.05, 3.63) is 35.0 Å². The van der Waals surface area contributed by atoms with E-state index in [0.717, 1.165) is 29.6 Å².